The third-order valence-corrected chi connectivity index (χ3v) is 7.50. The Morgan fingerprint density at radius 1 is 1.05 bits per heavy atom. The summed E-state index contributed by atoms with van der Waals surface area (Å²) in [5.41, 5.74) is 4.85. The number of nitrogens with zero attached hydrogens (tertiary/aromatic N) is 6. The van der Waals surface area contributed by atoms with Crippen LogP contribution in [0.5, 0.6) is 0 Å². The van der Waals surface area contributed by atoms with Gasteiger partial charge in [-0.1, -0.05) is 13.8 Å². The zero-order valence-corrected chi connectivity index (χ0v) is 22.4. The van der Waals surface area contributed by atoms with Crippen molar-refractivity contribution >= 4 is 29.5 Å². The van der Waals surface area contributed by atoms with Gasteiger partial charge in [-0.05, 0) is 60.6 Å². The van der Waals surface area contributed by atoms with Crippen LogP contribution in [0.4, 0.5) is 17.3 Å². The number of hydrogen-bond donors (Lipinski definition) is 1. The van der Waals surface area contributed by atoms with E-state index in [1.54, 1.807) is 55.7 Å². The van der Waals surface area contributed by atoms with Gasteiger partial charge in [0.2, 0.25) is 0 Å². The van der Waals surface area contributed by atoms with Gasteiger partial charge < -0.3 is 14.5 Å². The fourth-order valence-electron chi connectivity index (χ4n) is 5.77. The number of carbonyl (C=O) groups excluding carboxylic acids is 2. The van der Waals surface area contributed by atoms with Crippen molar-refractivity contribution in [2.24, 2.45) is 12.5 Å². The molecule has 5 heterocycles. The van der Waals surface area contributed by atoms with E-state index in [2.05, 4.69) is 38.7 Å². The first-order chi connectivity index (χ1) is 18.6. The molecule has 1 amide bonds. The van der Waals surface area contributed by atoms with Crippen LogP contribution in [0.25, 0.3) is 11.1 Å². The molecule has 1 aliphatic carbocycles. The number of hydrogen-bond acceptors (Lipinski definition) is 7. The summed E-state index contributed by atoms with van der Waals surface area (Å²) in [4.78, 5) is 53.5. The van der Waals surface area contributed by atoms with Crippen LogP contribution >= 0.6 is 0 Å². The summed E-state index contributed by atoms with van der Waals surface area (Å²) in [7, 11) is 1.65. The molecular weight excluding hydrogens is 494 g/mol. The monoisotopic (exact) mass is 523 g/mol. The minimum Gasteiger partial charge on any atom is -0.339 e. The normalized spacial score (nSPS) is 15.7. The van der Waals surface area contributed by atoms with Crippen LogP contribution in [-0.2, 0) is 26.4 Å². The van der Waals surface area contributed by atoms with Crippen LogP contribution in [-0.4, -0.2) is 42.8 Å². The second-order valence-corrected chi connectivity index (χ2v) is 11.0. The summed E-state index contributed by atoms with van der Waals surface area (Å²) in [6.07, 6.45) is 7.49. The number of amides is 1. The van der Waals surface area contributed by atoms with E-state index >= 15 is 0 Å². The number of aldehydes is 1. The minimum atomic E-state index is -0.250. The van der Waals surface area contributed by atoms with E-state index < -0.39 is 0 Å². The number of nitrogens with one attached hydrogen (secondary N) is 1. The molecule has 0 atom stereocenters. The van der Waals surface area contributed by atoms with E-state index in [1.165, 1.54) is 15.8 Å². The zero-order chi connectivity index (χ0) is 27.5. The van der Waals surface area contributed by atoms with Crippen molar-refractivity contribution in [1.82, 2.24) is 24.1 Å². The topological polar surface area (TPSA) is 115 Å². The molecule has 10 nitrogen and oxygen atoms in total. The van der Waals surface area contributed by atoms with Crippen molar-refractivity contribution in [3.8, 4) is 11.1 Å². The van der Waals surface area contributed by atoms with Crippen molar-refractivity contribution in [2.45, 2.75) is 40.2 Å². The van der Waals surface area contributed by atoms with Gasteiger partial charge in [0.1, 0.15) is 28.8 Å². The first kappa shape index (κ1) is 24.7. The Morgan fingerprint density at radius 3 is 2.62 bits per heavy atom. The molecule has 0 fully saturated rings. The Labute approximate surface area is 225 Å². The van der Waals surface area contributed by atoms with Crippen molar-refractivity contribution in [3.05, 3.63) is 81.5 Å². The van der Waals surface area contributed by atoms with Crippen LogP contribution in [0.3, 0.4) is 0 Å². The zero-order valence-electron chi connectivity index (χ0n) is 22.4. The summed E-state index contributed by atoms with van der Waals surface area (Å²) >= 11 is 0. The van der Waals surface area contributed by atoms with Crippen LogP contribution in [0, 0.1) is 12.3 Å². The van der Waals surface area contributed by atoms with Gasteiger partial charge >= 0.3 is 0 Å². The average Bonchev–Trinajstić information content (AvgIpc) is 3.38. The van der Waals surface area contributed by atoms with Crippen LogP contribution in [0.15, 0.2) is 47.7 Å². The van der Waals surface area contributed by atoms with Gasteiger partial charge in [0.05, 0.1) is 5.56 Å². The highest BCUT2D eigenvalue weighted by atomic mass is 16.2. The van der Waals surface area contributed by atoms with E-state index in [0.717, 1.165) is 19.1 Å². The predicted octanol–water partition coefficient (Wildman–Crippen LogP) is 3.69. The van der Waals surface area contributed by atoms with Gasteiger partial charge in [0, 0.05) is 50.0 Å². The van der Waals surface area contributed by atoms with E-state index in [1.807, 2.05) is 6.07 Å². The molecule has 198 valence electrons. The van der Waals surface area contributed by atoms with Gasteiger partial charge in [-0.15, -0.1) is 0 Å². The first-order valence-corrected chi connectivity index (χ1v) is 12.9. The van der Waals surface area contributed by atoms with E-state index in [0.29, 0.717) is 58.6 Å². The third kappa shape index (κ3) is 4.21. The fourth-order valence-corrected chi connectivity index (χ4v) is 5.77. The Bertz CT molecular complexity index is 1720. The van der Waals surface area contributed by atoms with Gasteiger partial charge in [-0.2, -0.15) is 0 Å². The number of pyridine rings is 2. The van der Waals surface area contributed by atoms with Gasteiger partial charge in [-0.3, -0.25) is 19.3 Å². The summed E-state index contributed by atoms with van der Waals surface area (Å²) in [6.45, 7) is 7.32. The second kappa shape index (κ2) is 9.00. The molecule has 0 spiro atoms. The lowest BCUT2D eigenvalue weighted by atomic mass is 9.90. The predicted molar refractivity (Wildman–Crippen MR) is 148 cm³/mol. The van der Waals surface area contributed by atoms with Crippen LogP contribution in [0.2, 0.25) is 0 Å². The molecule has 0 saturated carbocycles. The lowest BCUT2D eigenvalue weighted by Crippen LogP contribution is -2.41. The van der Waals surface area contributed by atoms with Gasteiger partial charge in [-0.25, -0.2) is 15.0 Å². The average molecular weight is 524 g/mol. The Kier molecular flexibility index (Phi) is 5.71. The highest BCUT2D eigenvalue weighted by Crippen LogP contribution is 2.40. The molecule has 2 aliphatic rings. The molecular formula is C29H29N7O3. The first-order valence-electron chi connectivity index (χ1n) is 12.9. The smallest absolute Gasteiger partial charge is 0.276 e. The number of fused-ring (bicyclic) bond motifs is 3. The number of carbonyl (C=O) groups is 2. The Morgan fingerprint density at radius 2 is 1.85 bits per heavy atom. The Hall–Kier alpha value is -4.60. The molecule has 1 N–H and O–H groups in total. The molecule has 10 heteroatoms. The molecule has 39 heavy (non-hydrogen) atoms. The summed E-state index contributed by atoms with van der Waals surface area (Å²) in [5, 5.41) is 3.07. The largest absolute Gasteiger partial charge is 0.339 e. The number of aryl methyl sites for hydroxylation is 2. The van der Waals surface area contributed by atoms with Crippen LogP contribution in [0.1, 0.15) is 51.8 Å². The van der Waals surface area contributed by atoms with Crippen LogP contribution < -0.4 is 15.8 Å². The maximum atomic E-state index is 13.7. The lowest BCUT2D eigenvalue weighted by molar-refractivity contribution is 0.0963. The molecule has 4 aromatic rings. The maximum Gasteiger partial charge on any atom is 0.276 e. The number of anilines is 3. The van der Waals surface area contributed by atoms with Gasteiger partial charge in [0.25, 0.3) is 11.5 Å². The lowest BCUT2D eigenvalue weighted by Gasteiger charge is -2.30. The van der Waals surface area contributed by atoms with E-state index in [-0.39, 0.29) is 16.9 Å². The SMILES string of the molecule is Cc1nccc(Nc2cc(-c3ccnc(N4CCn5c(cc6c5CC(C)(C)C6)C4=O)c3C=O)cn(C)c2=O)n1. The second-order valence-electron chi connectivity index (χ2n) is 11.0. The third-order valence-electron chi connectivity index (χ3n) is 7.50. The maximum absolute atomic E-state index is 13.7. The summed E-state index contributed by atoms with van der Waals surface area (Å²) in [6, 6.07) is 7.08. The van der Waals surface area contributed by atoms with Crippen molar-refractivity contribution in [3.63, 3.8) is 0 Å². The van der Waals surface area contributed by atoms with E-state index in [4.69, 9.17) is 0 Å². The Balaban J connectivity index is 1.38. The molecule has 4 aromatic heterocycles. The summed E-state index contributed by atoms with van der Waals surface area (Å²) < 4.78 is 3.58. The van der Waals surface area contributed by atoms with Crippen molar-refractivity contribution in [2.75, 3.05) is 16.8 Å². The highest BCUT2D eigenvalue weighted by Gasteiger charge is 2.37. The highest BCUT2D eigenvalue weighted by molar-refractivity contribution is 6.08. The van der Waals surface area contributed by atoms with E-state index in [9.17, 15) is 14.4 Å². The van der Waals surface area contributed by atoms with Crippen molar-refractivity contribution in [1.29, 1.82) is 0 Å². The summed E-state index contributed by atoms with van der Waals surface area (Å²) in [5.74, 6) is 1.21. The molecule has 0 radical (unpaired) electrons. The molecule has 0 saturated heterocycles. The molecule has 0 unspecified atom stereocenters. The number of rotatable bonds is 5. The van der Waals surface area contributed by atoms with Gasteiger partial charge in [0.15, 0.2) is 6.29 Å². The quantitative estimate of drug-likeness (QED) is 0.397. The molecule has 0 bridgehead atoms. The standard InChI is InChI=1S/C29H29N7O3/c1-17-30-8-6-25(32-17)33-22-11-19(15-34(4)27(22)38)20-5-7-31-26(21(20)16-37)36-10-9-35-23(28(36)39)12-18-13-29(2,3)14-24(18)35/h5-8,11-12,15-16H,9-10,13-14H2,1-4H3,(H,30,32,33). The molecule has 6 rings (SSSR count). The molecule has 0 aromatic carbocycles. The number of aromatic nitrogens is 5. The van der Waals surface area contributed by atoms with Crippen molar-refractivity contribution < 1.29 is 9.59 Å². The minimum absolute atomic E-state index is 0.164. The fraction of sp³-hybridized carbons (Fsp3) is 0.310. The molecule has 1 aliphatic heterocycles.